The van der Waals surface area contributed by atoms with Crippen molar-refractivity contribution < 1.29 is 10.2 Å². The van der Waals surface area contributed by atoms with Crippen LogP contribution in [0, 0.1) is 0 Å². The van der Waals surface area contributed by atoms with E-state index in [1.54, 1.807) is 24.3 Å². The zero-order valence-corrected chi connectivity index (χ0v) is 9.63. The van der Waals surface area contributed by atoms with Crippen molar-refractivity contribution in [2.24, 2.45) is 0 Å². The molecule has 0 saturated carbocycles. The van der Waals surface area contributed by atoms with Gasteiger partial charge >= 0.3 is 0 Å². The third kappa shape index (κ3) is 2.08. The molecule has 2 aromatic rings. The molecular weight excluding hydrogens is 247 g/mol. The van der Waals surface area contributed by atoms with Crippen molar-refractivity contribution in [3.8, 4) is 22.6 Å². The molecule has 4 heteroatoms. The minimum Gasteiger partial charge on any atom is -0.508 e. The first kappa shape index (κ1) is 11.1. The molecule has 0 aromatic heterocycles. The second-order valence-electron chi connectivity index (χ2n) is 3.33. The van der Waals surface area contributed by atoms with Crippen molar-refractivity contribution in [2.45, 2.75) is 0 Å². The molecule has 82 valence electrons. The minimum absolute atomic E-state index is 0.0448. The Morgan fingerprint density at radius 2 is 1.69 bits per heavy atom. The minimum atomic E-state index is -0.0448. The molecule has 0 bridgehead atoms. The van der Waals surface area contributed by atoms with Crippen LogP contribution in [0.2, 0.25) is 10.0 Å². The molecule has 0 spiro atoms. The van der Waals surface area contributed by atoms with Gasteiger partial charge in [-0.3, -0.25) is 0 Å². The summed E-state index contributed by atoms with van der Waals surface area (Å²) in [5.41, 5.74) is 1.15. The molecule has 2 rings (SSSR count). The van der Waals surface area contributed by atoms with Crippen molar-refractivity contribution in [1.82, 2.24) is 0 Å². The van der Waals surface area contributed by atoms with Crippen molar-refractivity contribution in [1.29, 1.82) is 0 Å². The van der Waals surface area contributed by atoms with Gasteiger partial charge in [0.2, 0.25) is 0 Å². The van der Waals surface area contributed by atoms with Gasteiger partial charge < -0.3 is 10.2 Å². The number of halogens is 2. The van der Waals surface area contributed by atoms with Crippen LogP contribution in [-0.2, 0) is 0 Å². The second-order valence-corrected chi connectivity index (χ2v) is 4.18. The number of aromatic hydroxyl groups is 2. The highest BCUT2D eigenvalue weighted by Gasteiger charge is 2.10. The van der Waals surface area contributed by atoms with Crippen LogP contribution in [0.1, 0.15) is 0 Å². The lowest BCUT2D eigenvalue weighted by Gasteiger charge is -2.07. The Balaban J connectivity index is 2.64. The number of phenols is 2. The lowest BCUT2D eigenvalue weighted by molar-refractivity contribution is 0.474. The van der Waals surface area contributed by atoms with Crippen molar-refractivity contribution in [2.75, 3.05) is 0 Å². The summed E-state index contributed by atoms with van der Waals surface area (Å²) in [4.78, 5) is 0. The fourth-order valence-corrected chi connectivity index (χ4v) is 1.95. The quantitative estimate of drug-likeness (QED) is 0.806. The first-order valence-electron chi connectivity index (χ1n) is 4.55. The third-order valence-electron chi connectivity index (χ3n) is 2.19. The lowest BCUT2D eigenvalue weighted by Crippen LogP contribution is -1.81. The van der Waals surface area contributed by atoms with Gasteiger partial charge in [0.25, 0.3) is 0 Å². The summed E-state index contributed by atoms with van der Waals surface area (Å²) in [7, 11) is 0. The highest BCUT2D eigenvalue weighted by atomic mass is 35.5. The zero-order valence-electron chi connectivity index (χ0n) is 8.11. The van der Waals surface area contributed by atoms with Crippen LogP contribution in [0.15, 0.2) is 36.4 Å². The summed E-state index contributed by atoms with van der Waals surface area (Å²) in [6.45, 7) is 0. The molecule has 0 saturated heterocycles. The number of benzene rings is 2. The molecule has 0 amide bonds. The van der Waals surface area contributed by atoms with Crippen LogP contribution in [0.4, 0.5) is 0 Å². The second kappa shape index (κ2) is 4.24. The molecule has 0 aliphatic carbocycles. The number of hydrogen-bond acceptors (Lipinski definition) is 2. The van der Waals surface area contributed by atoms with E-state index in [0.29, 0.717) is 16.1 Å². The Kier molecular flexibility index (Phi) is 2.95. The van der Waals surface area contributed by atoms with Crippen LogP contribution in [0.5, 0.6) is 11.5 Å². The van der Waals surface area contributed by atoms with Gasteiger partial charge in [0.15, 0.2) is 0 Å². The Morgan fingerprint density at radius 1 is 0.938 bits per heavy atom. The largest absolute Gasteiger partial charge is 0.508 e. The number of phenolic OH excluding ortho intramolecular Hbond substituents is 2. The normalized spacial score (nSPS) is 10.4. The van der Waals surface area contributed by atoms with Crippen LogP contribution >= 0.6 is 23.2 Å². The Hall–Kier alpha value is -1.38. The zero-order chi connectivity index (χ0) is 11.7. The molecule has 0 fully saturated rings. The molecule has 0 heterocycles. The maximum atomic E-state index is 9.79. The molecule has 0 atom stereocenters. The number of rotatable bonds is 1. The molecule has 0 aliphatic rings. The predicted octanol–water partition coefficient (Wildman–Crippen LogP) is 4.07. The molecule has 0 radical (unpaired) electrons. The van der Waals surface area contributed by atoms with Gasteiger partial charge in [0.1, 0.15) is 11.5 Å². The van der Waals surface area contributed by atoms with Crippen molar-refractivity contribution >= 4 is 23.2 Å². The van der Waals surface area contributed by atoms with Gasteiger partial charge in [-0.05, 0) is 29.8 Å². The van der Waals surface area contributed by atoms with E-state index < -0.39 is 0 Å². The fourth-order valence-electron chi connectivity index (χ4n) is 1.46. The highest BCUT2D eigenvalue weighted by molar-refractivity contribution is 6.36. The molecule has 2 aromatic carbocycles. The molecule has 16 heavy (non-hydrogen) atoms. The first-order chi connectivity index (χ1) is 7.58. The lowest BCUT2D eigenvalue weighted by atomic mass is 10.0. The van der Waals surface area contributed by atoms with Crippen LogP contribution in [0.25, 0.3) is 11.1 Å². The standard InChI is InChI=1S/C12H8Cl2O2/c13-8-5-10(12(16)11(14)6-8)7-2-1-3-9(15)4-7/h1-6,15-16H. The van der Waals surface area contributed by atoms with E-state index in [2.05, 4.69) is 0 Å². The average molecular weight is 255 g/mol. The Morgan fingerprint density at radius 3 is 2.38 bits per heavy atom. The van der Waals surface area contributed by atoms with Gasteiger partial charge in [0, 0.05) is 10.6 Å². The van der Waals surface area contributed by atoms with Crippen molar-refractivity contribution in [3.05, 3.63) is 46.4 Å². The summed E-state index contributed by atoms with van der Waals surface area (Å²) in [6.07, 6.45) is 0. The first-order valence-corrected chi connectivity index (χ1v) is 5.31. The SMILES string of the molecule is Oc1cccc(-c2cc(Cl)cc(Cl)c2O)c1. The van der Waals surface area contributed by atoms with Gasteiger partial charge in [-0.2, -0.15) is 0 Å². The summed E-state index contributed by atoms with van der Waals surface area (Å²) in [5, 5.41) is 19.8. The van der Waals surface area contributed by atoms with Crippen LogP contribution in [-0.4, -0.2) is 10.2 Å². The van der Waals surface area contributed by atoms with E-state index in [1.165, 1.54) is 12.1 Å². The fraction of sp³-hybridized carbons (Fsp3) is 0. The van der Waals surface area contributed by atoms with Crippen LogP contribution < -0.4 is 0 Å². The summed E-state index contributed by atoms with van der Waals surface area (Å²) in [6, 6.07) is 9.57. The maximum absolute atomic E-state index is 9.79. The van der Waals surface area contributed by atoms with E-state index in [4.69, 9.17) is 23.2 Å². The van der Waals surface area contributed by atoms with E-state index in [9.17, 15) is 10.2 Å². The van der Waals surface area contributed by atoms with Gasteiger partial charge in [-0.15, -0.1) is 0 Å². The van der Waals surface area contributed by atoms with Gasteiger partial charge in [0.05, 0.1) is 5.02 Å². The van der Waals surface area contributed by atoms with Gasteiger partial charge in [-0.1, -0.05) is 35.3 Å². The number of hydrogen-bond donors (Lipinski definition) is 2. The molecule has 0 aliphatic heterocycles. The average Bonchev–Trinajstić information content (AvgIpc) is 2.23. The highest BCUT2D eigenvalue weighted by Crippen LogP contribution is 2.38. The maximum Gasteiger partial charge on any atom is 0.142 e. The molecule has 0 unspecified atom stereocenters. The predicted molar refractivity (Wildman–Crippen MR) is 65.2 cm³/mol. The van der Waals surface area contributed by atoms with E-state index >= 15 is 0 Å². The summed E-state index contributed by atoms with van der Waals surface area (Å²) < 4.78 is 0. The third-order valence-corrected chi connectivity index (χ3v) is 2.69. The monoisotopic (exact) mass is 254 g/mol. The topological polar surface area (TPSA) is 40.5 Å². The Bertz CT molecular complexity index is 539. The van der Waals surface area contributed by atoms with E-state index in [0.717, 1.165) is 0 Å². The van der Waals surface area contributed by atoms with Crippen LogP contribution in [0.3, 0.4) is 0 Å². The Labute approximate surface area is 103 Å². The van der Waals surface area contributed by atoms with Crippen molar-refractivity contribution in [3.63, 3.8) is 0 Å². The van der Waals surface area contributed by atoms with Gasteiger partial charge in [-0.25, -0.2) is 0 Å². The molecule has 2 nitrogen and oxygen atoms in total. The summed E-state index contributed by atoms with van der Waals surface area (Å²) in [5.74, 6) is 0.0738. The molecule has 2 N–H and O–H groups in total. The summed E-state index contributed by atoms with van der Waals surface area (Å²) >= 11 is 11.7. The smallest absolute Gasteiger partial charge is 0.142 e. The van der Waals surface area contributed by atoms with E-state index in [1.807, 2.05) is 0 Å². The van der Waals surface area contributed by atoms with E-state index in [-0.39, 0.29) is 16.5 Å². The molecular formula is C12H8Cl2O2.